The van der Waals surface area contributed by atoms with Gasteiger partial charge < -0.3 is 111 Å². The second kappa shape index (κ2) is 53.3. The van der Waals surface area contributed by atoms with Gasteiger partial charge in [-0.1, -0.05) is 36.4 Å². The summed E-state index contributed by atoms with van der Waals surface area (Å²) in [5.41, 5.74) is 6.65. The lowest BCUT2D eigenvalue weighted by atomic mass is 9.85. The van der Waals surface area contributed by atoms with Crippen molar-refractivity contribution in [3.8, 4) is 0 Å². The van der Waals surface area contributed by atoms with Gasteiger partial charge in [0, 0.05) is 63.3 Å². The minimum atomic E-state index is -0.524. The van der Waals surface area contributed by atoms with Gasteiger partial charge in [0.1, 0.15) is 0 Å². The third kappa shape index (κ3) is 42.2. The predicted octanol–water partition coefficient (Wildman–Crippen LogP) is 6.67. The Labute approximate surface area is 563 Å². The molecule has 0 aliphatic carbocycles. The molecule has 0 aliphatic heterocycles. The molecule has 4 N–H and O–H groups in total. The van der Waals surface area contributed by atoms with Crippen molar-refractivity contribution in [2.45, 2.75) is 136 Å². The zero-order valence-corrected chi connectivity index (χ0v) is 59.2. The maximum absolute atomic E-state index is 9.52. The van der Waals surface area contributed by atoms with Gasteiger partial charge in [-0.3, -0.25) is 0 Å². The second-order valence-electron chi connectivity index (χ2n) is 24.3. The largest absolute Gasteiger partial charge is 0.391 e. The molecule has 23 nitrogen and oxygen atoms in total. The Morgan fingerprint density at radius 2 is 0.457 bits per heavy atom. The van der Waals surface area contributed by atoms with Crippen molar-refractivity contribution in [1.29, 1.82) is 0 Å². The summed E-state index contributed by atoms with van der Waals surface area (Å²) in [5, 5.41) is 38.0. The van der Waals surface area contributed by atoms with Crippen molar-refractivity contribution >= 4 is 17.1 Å². The van der Waals surface area contributed by atoms with Gasteiger partial charge >= 0.3 is 0 Å². The molecule has 0 amide bonds. The first-order valence-corrected chi connectivity index (χ1v) is 34.0. The molecule has 0 spiro atoms. The van der Waals surface area contributed by atoms with Gasteiger partial charge in [0.2, 0.25) is 0 Å². The molecule has 0 fully saturated rings. The predicted molar refractivity (Wildman–Crippen MR) is 366 cm³/mol. The minimum Gasteiger partial charge on any atom is -0.391 e. The average Bonchev–Trinajstić information content (AvgIpc) is 0.814. The van der Waals surface area contributed by atoms with Gasteiger partial charge in [0.25, 0.3) is 0 Å². The van der Waals surface area contributed by atoms with E-state index in [2.05, 4.69) is 87.5 Å². The summed E-state index contributed by atoms with van der Waals surface area (Å²) in [6, 6.07) is 26.4. The number of anilines is 3. The van der Waals surface area contributed by atoms with E-state index in [0.717, 1.165) is 33.8 Å². The van der Waals surface area contributed by atoms with Crippen molar-refractivity contribution in [2.24, 2.45) is 0 Å². The number of hydrogen-bond acceptors (Lipinski definition) is 23. The van der Waals surface area contributed by atoms with Crippen molar-refractivity contribution in [3.05, 3.63) is 89.5 Å². The monoisotopic (exact) mass is 1340 g/mol. The van der Waals surface area contributed by atoms with Crippen molar-refractivity contribution in [1.82, 2.24) is 0 Å². The van der Waals surface area contributed by atoms with Gasteiger partial charge in [-0.05, 0) is 122 Å². The van der Waals surface area contributed by atoms with Crippen molar-refractivity contribution < 1.29 is 96.2 Å². The highest BCUT2D eigenvalue weighted by Crippen LogP contribution is 2.35. The summed E-state index contributed by atoms with van der Waals surface area (Å²) >= 11 is 0. The Morgan fingerprint density at radius 1 is 0.255 bits per heavy atom. The van der Waals surface area contributed by atoms with E-state index in [4.69, 9.17) is 75.8 Å². The number of ether oxygens (including phenoxy) is 16. The van der Waals surface area contributed by atoms with Crippen LogP contribution in [0.1, 0.15) is 91.8 Å². The van der Waals surface area contributed by atoms with Crippen LogP contribution in [0.4, 0.5) is 17.1 Å². The molecule has 3 aromatic carbocycles. The summed E-state index contributed by atoms with van der Waals surface area (Å²) in [4.78, 5) is 6.67. The van der Waals surface area contributed by atoms with Crippen LogP contribution in [0.25, 0.3) is 0 Å². The molecule has 0 bridgehead atoms. The van der Waals surface area contributed by atoms with Crippen LogP contribution in [-0.2, 0) is 75.8 Å². The molecule has 0 radical (unpaired) electrons. The molecular formula is C71H123N3O20. The Bertz CT molecular complexity index is 2120. The van der Waals surface area contributed by atoms with Gasteiger partial charge in [-0.2, -0.15) is 0 Å². The standard InChI is InChI=1S/C71H123N3O20/c1-55(75)45-89-59(5)49-87-43-39-83-35-33-79-29-25-73(26-30-80-34-36-84-40-44-88-50-60(6)90-46-56(2)76)69-21-15-66(16-22-69)71(65-13-19-68(20-14-65)72(11)12)67-17-23-70(24-18-67)74(27-31-81-37-41-85-51-61(7)93-53-63(9)91-47-57(3)77)28-32-82-38-42-86-52-62(8)94-54-64(10)92-48-58(4)78/h13-24,55-64,71,75-78H,25-54H2,1-12H3. The molecule has 3 rings (SSSR count). The van der Waals surface area contributed by atoms with Crippen LogP contribution in [0.5, 0.6) is 0 Å². The third-order valence-corrected chi connectivity index (χ3v) is 14.3. The van der Waals surface area contributed by atoms with Crippen LogP contribution in [-0.4, -0.2) is 294 Å². The summed E-state index contributed by atoms with van der Waals surface area (Å²) in [5.74, 6) is -0.0752. The first-order valence-electron chi connectivity index (χ1n) is 34.0. The smallest absolute Gasteiger partial charge is 0.0781 e. The molecule has 0 saturated heterocycles. The SMILES string of the molecule is CC(O)COC(C)COCCOCCOCCN(CCOCCOCCOCC(C)OCC(C)O)c1ccc(C(c2ccc(N(C)C)cc2)c2ccc(N(CCOCCOCC(C)OCC(C)OCC(C)O)CCOCCOCC(C)OCC(C)OCC(C)O)cc2)cc1. The summed E-state index contributed by atoms with van der Waals surface area (Å²) in [6.45, 7) is 31.6. The minimum absolute atomic E-state index is 0.0752. The molecule has 0 aromatic heterocycles. The van der Waals surface area contributed by atoms with Gasteiger partial charge in [0.15, 0.2) is 0 Å². The molecule has 0 heterocycles. The molecule has 3 aromatic rings. The van der Waals surface area contributed by atoms with Crippen LogP contribution < -0.4 is 14.7 Å². The quantitative estimate of drug-likeness (QED) is 0.0341. The summed E-state index contributed by atoms with van der Waals surface area (Å²) in [6.07, 6.45) is -2.83. The van der Waals surface area contributed by atoms with Crippen LogP contribution in [0.2, 0.25) is 0 Å². The van der Waals surface area contributed by atoms with E-state index in [0.29, 0.717) is 172 Å². The van der Waals surface area contributed by atoms with E-state index in [1.165, 1.54) is 0 Å². The number of aliphatic hydroxyl groups is 4. The Hall–Kier alpha value is -3.74. The van der Waals surface area contributed by atoms with E-state index in [1.807, 2.05) is 55.6 Å². The molecule has 94 heavy (non-hydrogen) atoms. The van der Waals surface area contributed by atoms with Gasteiger partial charge in [0.05, 0.1) is 233 Å². The topological polar surface area (TPSA) is 238 Å². The van der Waals surface area contributed by atoms with E-state index in [1.54, 1.807) is 27.7 Å². The van der Waals surface area contributed by atoms with Crippen LogP contribution in [0.15, 0.2) is 72.8 Å². The van der Waals surface area contributed by atoms with E-state index in [9.17, 15) is 20.4 Å². The number of benzene rings is 3. The number of hydrogen-bond donors (Lipinski definition) is 4. The molecule has 0 saturated carbocycles. The maximum Gasteiger partial charge on any atom is 0.0781 e. The lowest BCUT2D eigenvalue weighted by Crippen LogP contribution is -2.32. The molecule has 0 aliphatic rings. The Balaban J connectivity index is 1.73. The highest BCUT2D eigenvalue weighted by molar-refractivity contribution is 5.56. The average molecular weight is 1340 g/mol. The first kappa shape index (κ1) is 84.5. The van der Waals surface area contributed by atoms with Crippen molar-refractivity contribution in [3.63, 3.8) is 0 Å². The van der Waals surface area contributed by atoms with E-state index >= 15 is 0 Å². The highest BCUT2D eigenvalue weighted by Gasteiger charge is 2.20. The number of rotatable bonds is 62. The van der Waals surface area contributed by atoms with E-state index in [-0.39, 0.29) is 69.0 Å². The fraction of sp³-hybridized carbons (Fsp3) is 0.746. The normalized spacial score (nSPS) is 15.4. The lowest BCUT2D eigenvalue weighted by Gasteiger charge is -2.27. The van der Waals surface area contributed by atoms with Crippen LogP contribution >= 0.6 is 0 Å². The molecule has 542 valence electrons. The zero-order valence-electron chi connectivity index (χ0n) is 59.2. The van der Waals surface area contributed by atoms with Crippen LogP contribution in [0.3, 0.4) is 0 Å². The zero-order chi connectivity index (χ0) is 68.6. The second-order valence-corrected chi connectivity index (χ2v) is 24.3. The Morgan fingerprint density at radius 3 is 0.691 bits per heavy atom. The summed E-state index contributed by atoms with van der Waals surface area (Å²) in [7, 11) is 4.10. The molecule has 23 heteroatoms. The number of nitrogens with zero attached hydrogens (tertiary/aromatic N) is 3. The van der Waals surface area contributed by atoms with Crippen molar-refractivity contribution in [2.75, 3.05) is 227 Å². The Kier molecular flexibility index (Phi) is 47.9. The molecule has 11 unspecified atom stereocenters. The maximum atomic E-state index is 9.52. The van der Waals surface area contributed by atoms with Gasteiger partial charge in [-0.25, -0.2) is 0 Å². The fourth-order valence-electron chi connectivity index (χ4n) is 9.16. The first-order chi connectivity index (χ1) is 45.3. The lowest BCUT2D eigenvalue weighted by molar-refractivity contribution is -0.0735. The third-order valence-electron chi connectivity index (χ3n) is 14.3. The molecular weight excluding hydrogens is 1210 g/mol. The fourth-order valence-corrected chi connectivity index (χ4v) is 9.16. The number of aliphatic hydroxyl groups excluding tert-OH is 4. The highest BCUT2D eigenvalue weighted by atomic mass is 16.6. The summed E-state index contributed by atoms with van der Waals surface area (Å²) < 4.78 is 93.2. The van der Waals surface area contributed by atoms with Crippen LogP contribution in [0, 0.1) is 0 Å². The van der Waals surface area contributed by atoms with Gasteiger partial charge in [-0.15, -0.1) is 0 Å². The molecule has 11 atom stereocenters. The van der Waals surface area contributed by atoms with E-state index < -0.39 is 24.4 Å².